The molecule has 0 unspecified atom stereocenters. The minimum atomic E-state index is 0.121. The van der Waals surface area contributed by atoms with Gasteiger partial charge in [-0.1, -0.05) is 25.7 Å². The summed E-state index contributed by atoms with van der Waals surface area (Å²) in [6.45, 7) is 4.86. The summed E-state index contributed by atoms with van der Waals surface area (Å²) in [5, 5.41) is 9.35. The van der Waals surface area contributed by atoms with Crippen LogP contribution in [0.5, 0.6) is 0 Å². The molecule has 0 radical (unpaired) electrons. The van der Waals surface area contributed by atoms with Crippen LogP contribution in [0.4, 0.5) is 0 Å². The van der Waals surface area contributed by atoms with Crippen LogP contribution in [-0.2, 0) is 9.59 Å². The lowest BCUT2D eigenvalue weighted by Crippen LogP contribution is -2.24. The van der Waals surface area contributed by atoms with E-state index in [1.54, 1.807) is 0 Å². The fourth-order valence-corrected chi connectivity index (χ4v) is 2.74. The van der Waals surface area contributed by atoms with E-state index in [0.29, 0.717) is 25.9 Å². The maximum Gasteiger partial charge on any atom is 0.220 e. The van der Waals surface area contributed by atoms with E-state index in [2.05, 4.69) is 16.0 Å². The Morgan fingerprint density at radius 3 is 1.26 bits per heavy atom. The van der Waals surface area contributed by atoms with Gasteiger partial charge in [0.05, 0.1) is 0 Å². The van der Waals surface area contributed by atoms with E-state index in [4.69, 9.17) is 11.5 Å². The molecule has 0 aliphatic carbocycles. The second-order valence-electron chi connectivity index (χ2n) is 7.06. The Morgan fingerprint density at radius 2 is 0.889 bits per heavy atom. The molecule has 0 aromatic heterocycles. The molecule has 0 rings (SSSR count). The molecule has 0 saturated carbocycles. The van der Waals surface area contributed by atoms with Crippen molar-refractivity contribution in [2.75, 3.05) is 39.3 Å². The van der Waals surface area contributed by atoms with Gasteiger partial charge in [-0.2, -0.15) is 0 Å². The van der Waals surface area contributed by atoms with Gasteiger partial charge in [0.1, 0.15) is 0 Å². The van der Waals surface area contributed by atoms with Gasteiger partial charge in [-0.15, -0.1) is 0 Å². The predicted molar refractivity (Wildman–Crippen MR) is 112 cm³/mol. The van der Waals surface area contributed by atoms with Crippen molar-refractivity contribution >= 4 is 11.8 Å². The average molecular weight is 386 g/mol. The van der Waals surface area contributed by atoms with Crippen LogP contribution in [0.1, 0.15) is 77.0 Å². The van der Waals surface area contributed by atoms with Gasteiger partial charge in [-0.3, -0.25) is 9.59 Å². The number of rotatable bonds is 20. The number of carbonyl (C=O) groups is 2. The Hall–Kier alpha value is -1.18. The van der Waals surface area contributed by atoms with Crippen LogP contribution >= 0.6 is 0 Å². The number of carbonyl (C=O) groups excluding carboxylic acids is 2. The summed E-state index contributed by atoms with van der Waals surface area (Å²) in [5.74, 6) is 0.243. The Bertz CT molecular complexity index is 321. The molecule has 0 spiro atoms. The lowest BCUT2D eigenvalue weighted by Gasteiger charge is -2.07. The molecule has 0 heterocycles. The van der Waals surface area contributed by atoms with Crippen molar-refractivity contribution in [1.82, 2.24) is 16.0 Å². The van der Waals surface area contributed by atoms with E-state index in [1.807, 2.05) is 0 Å². The highest BCUT2D eigenvalue weighted by Gasteiger charge is 2.00. The summed E-state index contributed by atoms with van der Waals surface area (Å²) in [6, 6.07) is 0. The number of amides is 2. The van der Waals surface area contributed by atoms with Gasteiger partial charge in [-0.25, -0.2) is 0 Å². The smallest absolute Gasteiger partial charge is 0.220 e. The van der Waals surface area contributed by atoms with Crippen LogP contribution in [0.25, 0.3) is 0 Å². The Kier molecular flexibility index (Phi) is 20.2. The molecule has 160 valence electrons. The molecule has 7 heteroatoms. The van der Waals surface area contributed by atoms with Gasteiger partial charge in [-0.05, 0) is 64.7 Å². The molecule has 0 fully saturated rings. The van der Waals surface area contributed by atoms with Crippen molar-refractivity contribution in [3.05, 3.63) is 0 Å². The van der Waals surface area contributed by atoms with Crippen LogP contribution in [0, 0.1) is 0 Å². The van der Waals surface area contributed by atoms with Crippen molar-refractivity contribution < 1.29 is 9.59 Å². The molecule has 0 aliphatic heterocycles. The fourth-order valence-electron chi connectivity index (χ4n) is 2.74. The molecule has 0 aromatic carbocycles. The summed E-state index contributed by atoms with van der Waals surface area (Å²) < 4.78 is 0. The van der Waals surface area contributed by atoms with E-state index in [0.717, 1.165) is 64.7 Å². The molecule has 7 nitrogen and oxygen atoms in total. The van der Waals surface area contributed by atoms with Crippen LogP contribution in [0.2, 0.25) is 0 Å². The van der Waals surface area contributed by atoms with E-state index >= 15 is 0 Å². The Labute approximate surface area is 165 Å². The summed E-state index contributed by atoms with van der Waals surface area (Å²) >= 11 is 0. The van der Waals surface area contributed by atoms with Crippen molar-refractivity contribution in [2.24, 2.45) is 11.5 Å². The zero-order valence-electron chi connectivity index (χ0n) is 17.2. The Morgan fingerprint density at radius 1 is 0.519 bits per heavy atom. The van der Waals surface area contributed by atoms with Crippen molar-refractivity contribution in [3.8, 4) is 0 Å². The highest BCUT2D eigenvalue weighted by Crippen LogP contribution is 2.00. The van der Waals surface area contributed by atoms with E-state index in [9.17, 15) is 9.59 Å². The minimum Gasteiger partial charge on any atom is -0.356 e. The standard InChI is InChI=1S/C20H43N5O2/c21-13-9-11-19(26)24-17-7-3-1-5-15-23-16-6-2-4-8-18-25-20(27)12-10-14-22/h23H,1-18,21-22H2,(H,24,26)(H,25,27). The molecular formula is C20H43N5O2. The van der Waals surface area contributed by atoms with Crippen molar-refractivity contribution in [2.45, 2.75) is 77.0 Å². The van der Waals surface area contributed by atoms with Gasteiger partial charge in [0.25, 0.3) is 0 Å². The van der Waals surface area contributed by atoms with Gasteiger partial charge in [0.15, 0.2) is 0 Å². The summed E-state index contributed by atoms with van der Waals surface area (Å²) in [6.07, 6.45) is 11.8. The molecule has 0 saturated heterocycles. The first kappa shape index (κ1) is 25.8. The SMILES string of the molecule is NCCCC(=O)NCCCCCCNCCCCCCNC(=O)CCCN. The summed E-state index contributed by atoms with van der Waals surface area (Å²) in [7, 11) is 0. The van der Waals surface area contributed by atoms with E-state index in [1.165, 1.54) is 25.7 Å². The third-order valence-electron chi connectivity index (χ3n) is 4.42. The normalized spacial score (nSPS) is 10.7. The number of hydrogen-bond donors (Lipinski definition) is 5. The highest BCUT2D eigenvalue weighted by atomic mass is 16.2. The largest absolute Gasteiger partial charge is 0.356 e. The second kappa shape index (κ2) is 21.1. The first-order valence-corrected chi connectivity index (χ1v) is 10.8. The summed E-state index contributed by atoms with van der Waals surface area (Å²) in [5.41, 5.74) is 10.8. The van der Waals surface area contributed by atoms with Gasteiger partial charge in [0, 0.05) is 25.9 Å². The third kappa shape index (κ3) is 21.0. The van der Waals surface area contributed by atoms with Crippen LogP contribution in [-0.4, -0.2) is 51.1 Å². The zero-order valence-corrected chi connectivity index (χ0v) is 17.2. The van der Waals surface area contributed by atoms with E-state index < -0.39 is 0 Å². The maximum atomic E-state index is 11.4. The quantitative estimate of drug-likeness (QED) is 0.203. The number of unbranched alkanes of at least 4 members (excludes halogenated alkanes) is 6. The lowest BCUT2D eigenvalue weighted by atomic mass is 10.1. The monoisotopic (exact) mass is 385 g/mol. The number of nitrogens with one attached hydrogen (secondary N) is 3. The molecule has 27 heavy (non-hydrogen) atoms. The molecule has 2 amide bonds. The predicted octanol–water partition coefficient (Wildman–Crippen LogP) is 1.41. The summed E-state index contributed by atoms with van der Waals surface area (Å²) in [4.78, 5) is 22.8. The molecule has 0 aliphatic rings. The van der Waals surface area contributed by atoms with E-state index in [-0.39, 0.29) is 11.8 Å². The van der Waals surface area contributed by atoms with Crippen LogP contribution in [0.3, 0.4) is 0 Å². The third-order valence-corrected chi connectivity index (χ3v) is 4.42. The zero-order chi connectivity index (χ0) is 20.0. The van der Waals surface area contributed by atoms with Crippen LogP contribution in [0.15, 0.2) is 0 Å². The van der Waals surface area contributed by atoms with Crippen molar-refractivity contribution in [3.63, 3.8) is 0 Å². The first-order chi connectivity index (χ1) is 13.2. The minimum absolute atomic E-state index is 0.121. The Balaban J connectivity index is 3.13. The molecule has 7 N–H and O–H groups in total. The van der Waals surface area contributed by atoms with Gasteiger partial charge >= 0.3 is 0 Å². The molecule has 0 aromatic rings. The first-order valence-electron chi connectivity index (χ1n) is 10.8. The second-order valence-corrected chi connectivity index (χ2v) is 7.06. The van der Waals surface area contributed by atoms with Crippen molar-refractivity contribution in [1.29, 1.82) is 0 Å². The maximum absolute atomic E-state index is 11.4. The topological polar surface area (TPSA) is 122 Å². The average Bonchev–Trinajstić information content (AvgIpc) is 2.67. The molecular weight excluding hydrogens is 342 g/mol. The molecule has 0 atom stereocenters. The van der Waals surface area contributed by atoms with Gasteiger partial charge in [0.2, 0.25) is 11.8 Å². The van der Waals surface area contributed by atoms with Gasteiger partial charge < -0.3 is 27.4 Å². The number of hydrogen-bond acceptors (Lipinski definition) is 5. The van der Waals surface area contributed by atoms with Crippen LogP contribution < -0.4 is 27.4 Å². The lowest BCUT2D eigenvalue weighted by molar-refractivity contribution is -0.122. The number of nitrogens with two attached hydrogens (primary N) is 2. The highest BCUT2D eigenvalue weighted by molar-refractivity contribution is 5.76. The fraction of sp³-hybridized carbons (Fsp3) is 0.900. The molecule has 0 bridgehead atoms.